The van der Waals surface area contributed by atoms with Gasteiger partial charge in [-0.1, -0.05) is 15.9 Å². The number of methoxy groups -OCH3 is 1. The molecule has 0 spiro atoms. The summed E-state index contributed by atoms with van der Waals surface area (Å²) in [5.74, 6) is 0.699. The summed E-state index contributed by atoms with van der Waals surface area (Å²) in [4.78, 5) is 12.3. The molecule has 0 saturated carbocycles. The molecule has 0 unspecified atom stereocenters. The van der Waals surface area contributed by atoms with Crippen LogP contribution in [0.4, 0.5) is 16.2 Å². The van der Waals surface area contributed by atoms with Gasteiger partial charge in [-0.25, -0.2) is 4.79 Å². The summed E-state index contributed by atoms with van der Waals surface area (Å²) in [6.45, 7) is 2.73. The van der Waals surface area contributed by atoms with E-state index in [1.807, 2.05) is 48.0 Å². The minimum absolute atomic E-state index is 0.323. The molecule has 0 aliphatic heterocycles. The predicted octanol–water partition coefficient (Wildman–Crippen LogP) is 5.75. The van der Waals surface area contributed by atoms with E-state index in [1.54, 1.807) is 19.4 Å². The fourth-order valence-electron chi connectivity index (χ4n) is 2.67. The summed E-state index contributed by atoms with van der Waals surface area (Å²) >= 11 is 6.91. The van der Waals surface area contributed by atoms with Crippen molar-refractivity contribution in [1.29, 1.82) is 0 Å². The topological polar surface area (TPSA) is 68.2 Å². The molecule has 0 atom stereocenters. The zero-order valence-electron chi connectivity index (χ0n) is 14.8. The third-order valence-electron chi connectivity index (χ3n) is 3.91. The summed E-state index contributed by atoms with van der Waals surface area (Å²) in [5.41, 5.74) is 3.09. The van der Waals surface area contributed by atoms with Crippen LogP contribution in [0.25, 0.3) is 11.3 Å². The van der Waals surface area contributed by atoms with Crippen LogP contribution in [0.2, 0.25) is 0 Å². The van der Waals surface area contributed by atoms with Crippen molar-refractivity contribution in [3.63, 3.8) is 0 Å². The molecule has 8 heteroatoms. The highest BCUT2D eigenvalue weighted by molar-refractivity contribution is 9.10. The van der Waals surface area contributed by atoms with Gasteiger partial charge in [0.25, 0.3) is 0 Å². The number of aromatic nitrogens is 2. The summed E-state index contributed by atoms with van der Waals surface area (Å²) in [5, 5.41) is 10.0. The van der Waals surface area contributed by atoms with Gasteiger partial charge >= 0.3 is 6.03 Å². The molecular weight excluding hydrogens is 476 g/mol. The minimum Gasteiger partial charge on any atom is -0.496 e. The van der Waals surface area contributed by atoms with Gasteiger partial charge in [-0.2, -0.15) is 5.10 Å². The molecule has 2 amide bonds. The quantitative estimate of drug-likeness (QED) is 0.475. The number of halogens is 2. The third kappa shape index (κ3) is 4.51. The number of amides is 2. The molecule has 27 heavy (non-hydrogen) atoms. The van der Waals surface area contributed by atoms with E-state index < -0.39 is 0 Å². The number of nitrogens with one attached hydrogen (secondary N) is 2. The first-order chi connectivity index (χ1) is 13.0. The monoisotopic (exact) mass is 492 g/mol. The van der Waals surface area contributed by atoms with Gasteiger partial charge < -0.3 is 15.4 Å². The molecule has 0 bridgehead atoms. The number of nitrogens with zero attached hydrogens (tertiary/aromatic N) is 2. The van der Waals surface area contributed by atoms with Crippen molar-refractivity contribution in [3.05, 3.63) is 57.6 Å². The Balaban J connectivity index is 1.85. The van der Waals surface area contributed by atoms with Gasteiger partial charge in [-0.15, -0.1) is 0 Å². The van der Waals surface area contributed by atoms with Crippen LogP contribution in [-0.4, -0.2) is 22.9 Å². The van der Waals surface area contributed by atoms with Crippen LogP contribution in [0.5, 0.6) is 5.75 Å². The Hall–Kier alpha value is -2.32. The van der Waals surface area contributed by atoms with Gasteiger partial charge in [-0.05, 0) is 65.3 Å². The second-order valence-corrected chi connectivity index (χ2v) is 7.43. The highest BCUT2D eigenvalue weighted by Gasteiger charge is 2.16. The highest BCUT2D eigenvalue weighted by atomic mass is 79.9. The Kier molecular flexibility index (Phi) is 6.18. The lowest BCUT2D eigenvalue weighted by atomic mass is 10.1. The number of carbonyl (C=O) groups is 1. The Labute approximate surface area is 174 Å². The molecule has 2 aromatic carbocycles. The molecule has 6 nitrogen and oxygen atoms in total. The van der Waals surface area contributed by atoms with Gasteiger partial charge in [0.15, 0.2) is 0 Å². The lowest BCUT2D eigenvalue weighted by molar-refractivity contribution is 0.262. The van der Waals surface area contributed by atoms with Crippen molar-refractivity contribution < 1.29 is 9.53 Å². The number of anilines is 2. The molecule has 3 aromatic rings. The van der Waals surface area contributed by atoms with Crippen molar-refractivity contribution in [2.24, 2.45) is 0 Å². The first-order valence-corrected chi connectivity index (χ1v) is 9.83. The second-order valence-electron chi connectivity index (χ2n) is 5.66. The van der Waals surface area contributed by atoms with E-state index in [0.717, 1.165) is 20.2 Å². The zero-order valence-corrected chi connectivity index (χ0v) is 18.0. The van der Waals surface area contributed by atoms with Crippen LogP contribution in [-0.2, 0) is 6.54 Å². The number of benzene rings is 2. The maximum atomic E-state index is 12.3. The number of ether oxygens (including phenoxy) is 1. The lowest BCUT2D eigenvalue weighted by Gasteiger charge is -2.14. The van der Waals surface area contributed by atoms with Crippen molar-refractivity contribution in [1.82, 2.24) is 9.78 Å². The van der Waals surface area contributed by atoms with Crippen LogP contribution in [0, 0.1) is 0 Å². The third-order valence-corrected chi connectivity index (χ3v) is 5.02. The van der Waals surface area contributed by atoms with Gasteiger partial charge in [0.2, 0.25) is 0 Å². The van der Waals surface area contributed by atoms with Crippen LogP contribution < -0.4 is 15.4 Å². The largest absolute Gasteiger partial charge is 0.496 e. The van der Waals surface area contributed by atoms with Crippen LogP contribution in [0.1, 0.15) is 6.92 Å². The molecule has 0 saturated heterocycles. The van der Waals surface area contributed by atoms with Crippen LogP contribution in [0.3, 0.4) is 0 Å². The number of hydrogen-bond acceptors (Lipinski definition) is 3. The average Bonchev–Trinajstić information content (AvgIpc) is 3.04. The van der Waals surface area contributed by atoms with E-state index in [4.69, 9.17) is 4.74 Å². The van der Waals surface area contributed by atoms with Gasteiger partial charge in [0, 0.05) is 28.0 Å². The van der Waals surface area contributed by atoms with E-state index in [0.29, 0.717) is 23.7 Å². The van der Waals surface area contributed by atoms with E-state index in [-0.39, 0.29) is 6.03 Å². The number of rotatable bonds is 5. The predicted molar refractivity (Wildman–Crippen MR) is 114 cm³/mol. The van der Waals surface area contributed by atoms with Crippen molar-refractivity contribution >= 4 is 49.3 Å². The summed E-state index contributed by atoms with van der Waals surface area (Å²) in [6.07, 6.45) is 1.75. The number of carbonyl (C=O) groups excluding carboxylic acids is 1. The molecule has 0 aliphatic rings. The molecule has 3 rings (SSSR count). The van der Waals surface area contributed by atoms with Gasteiger partial charge in [0.05, 0.1) is 23.5 Å². The molecular formula is C19H18Br2N4O2. The Morgan fingerprint density at radius 2 is 1.78 bits per heavy atom. The first-order valence-electron chi connectivity index (χ1n) is 8.25. The maximum Gasteiger partial charge on any atom is 0.323 e. The van der Waals surface area contributed by atoms with E-state index in [9.17, 15) is 4.79 Å². The Morgan fingerprint density at radius 3 is 2.44 bits per heavy atom. The van der Waals surface area contributed by atoms with E-state index in [1.165, 1.54) is 0 Å². The fourth-order valence-corrected chi connectivity index (χ4v) is 3.44. The average molecular weight is 494 g/mol. The normalized spacial score (nSPS) is 10.5. The van der Waals surface area contributed by atoms with Crippen molar-refractivity contribution in [2.75, 3.05) is 17.7 Å². The fraction of sp³-hybridized carbons (Fsp3) is 0.158. The molecule has 1 aromatic heterocycles. The maximum absolute atomic E-state index is 12.3. The van der Waals surface area contributed by atoms with Gasteiger partial charge in [0.1, 0.15) is 5.75 Å². The smallest absolute Gasteiger partial charge is 0.323 e. The molecule has 0 aliphatic carbocycles. The highest BCUT2D eigenvalue weighted by Crippen LogP contribution is 2.36. The van der Waals surface area contributed by atoms with E-state index >= 15 is 0 Å². The minimum atomic E-state index is -0.323. The summed E-state index contributed by atoms with van der Waals surface area (Å²) in [7, 11) is 1.62. The standard InChI is InChI=1S/C19H18Br2N4O2/c1-3-25-18(16(21)11-22-25)15-10-14(8-9-17(15)27-2)24-19(26)23-13-6-4-12(20)5-7-13/h4-11H,3H2,1-2H3,(H2,23,24,26). The first kappa shape index (κ1) is 19.4. The van der Waals surface area contributed by atoms with Crippen molar-refractivity contribution in [2.45, 2.75) is 13.5 Å². The Bertz CT molecular complexity index is 955. The van der Waals surface area contributed by atoms with Crippen molar-refractivity contribution in [3.8, 4) is 17.0 Å². The SMILES string of the molecule is CCn1ncc(Br)c1-c1cc(NC(=O)Nc2ccc(Br)cc2)ccc1OC. The molecule has 140 valence electrons. The molecule has 0 fully saturated rings. The number of urea groups is 1. The van der Waals surface area contributed by atoms with Gasteiger partial charge in [-0.3, -0.25) is 4.68 Å². The lowest BCUT2D eigenvalue weighted by Crippen LogP contribution is -2.19. The van der Waals surface area contributed by atoms with Crippen LogP contribution >= 0.6 is 31.9 Å². The zero-order chi connectivity index (χ0) is 19.4. The van der Waals surface area contributed by atoms with E-state index in [2.05, 4.69) is 47.6 Å². The molecule has 1 heterocycles. The summed E-state index contributed by atoms with van der Waals surface area (Å²) < 4.78 is 9.18. The number of hydrogen-bond donors (Lipinski definition) is 2. The summed E-state index contributed by atoms with van der Waals surface area (Å²) in [6, 6.07) is 12.5. The number of aryl methyl sites for hydroxylation is 1. The molecule has 0 radical (unpaired) electrons. The Morgan fingerprint density at radius 1 is 1.11 bits per heavy atom. The second kappa shape index (κ2) is 8.58. The molecule has 2 N–H and O–H groups in total. The van der Waals surface area contributed by atoms with Crippen LogP contribution in [0.15, 0.2) is 57.6 Å².